The smallest absolute Gasteiger partial charge is 0.224 e. The van der Waals surface area contributed by atoms with Gasteiger partial charge in [-0.1, -0.05) is 24.3 Å². The molecule has 2 heterocycles. The summed E-state index contributed by atoms with van der Waals surface area (Å²) in [6, 6.07) is 16.6. The van der Waals surface area contributed by atoms with E-state index in [1.807, 2.05) is 43.3 Å². The summed E-state index contributed by atoms with van der Waals surface area (Å²) in [6.45, 7) is 4.56. The number of hydrogen-bond donors (Lipinski definition) is 3. The number of amides is 1. The van der Waals surface area contributed by atoms with Crippen LogP contribution in [-0.2, 0) is 11.2 Å². The van der Waals surface area contributed by atoms with Crippen LogP contribution < -0.4 is 25.6 Å². The number of nitrogens with one attached hydrogen (secondary N) is 3. The first kappa shape index (κ1) is 22.6. The van der Waals surface area contributed by atoms with Gasteiger partial charge >= 0.3 is 0 Å². The Morgan fingerprint density at radius 1 is 1.03 bits per heavy atom. The summed E-state index contributed by atoms with van der Waals surface area (Å²) in [6.07, 6.45) is 3.68. The van der Waals surface area contributed by atoms with Crippen LogP contribution in [0.15, 0.2) is 48.5 Å². The maximum absolute atomic E-state index is 12.5. The van der Waals surface area contributed by atoms with E-state index in [1.54, 1.807) is 7.11 Å². The van der Waals surface area contributed by atoms with E-state index < -0.39 is 0 Å². The van der Waals surface area contributed by atoms with Gasteiger partial charge in [-0.25, -0.2) is 10.9 Å². The number of rotatable bonds is 8. The summed E-state index contributed by atoms with van der Waals surface area (Å²) in [7, 11) is 1.69. The zero-order valence-corrected chi connectivity index (χ0v) is 19.0. The van der Waals surface area contributed by atoms with Crippen molar-refractivity contribution in [1.29, 1.82) is 0 Å². The topological polar surface area (TPSA) is 74.9 Å². The molecule has 7 heteroatoms. The Balaban J connectivity index is 1.20. The number of nitrogens with zero attached hydrogens (tertiary/aromatic N) is 1. The zero-order valence-electron chi connectivity index (χ0n) is 19.0. The lowest BCUT2D eigenvalue weighted by Crippen LogP contribution is -2.51. The van der Waals surface area contributed by atoms with Gasteiger partial charge in [0.2, 0.25) is 5.91 Å². The monoisotopic (exact) mass is 438 g/mol. The maximum atomic E-state index is 12.5. The Morgan fingerprint density at radius 2 is 1.72 bits per heavy atom. The molecule has 2 aliphatic heterocycles. The molecule has 172 valence electrons. The van der Waals surface area contributed by atoms with Gasteiger partial charge in [0.15, 0.2) is 0 Å². The first-order valence-corrected chi connectivity index (χ1v) is 11.5. The second-order valence-electron chi connectivity index (χ2n) is 8.50. The van der Waals surface area contributed by atoms with Crippen molar-refractivity contribution in [1.82, 2.24) is 21.1 Å². The molecule has 2 aromatic rings. The molecule has 32 heavy (non-hydrogen) atoms. The fourth-order valence-corrected chi connectivity index (χ4v) is 4.52. The SMILES string of the molecule is CCOc1ccc(CC(=O)NC2CCN(C3CC(c4ccc(OC)cc4)NN3)CC2)cc1. The van der Waals surface area contributed by atoms with Crippen LogP contribution in [0.4, 0.5) is 0 Å². The molecule has 2 unspecified atom stereocenters. The van der Waals surface area contributed by atoms with E-state index in [0.717, 1.165) is 49.4 Å². The summed E-state index contributed by atoms with van der Waals surface area (Å²) in [5.74, 6) is 1.81. The van der Waals surface area contributed by atoms with Crippen molar-refractivity contribution in [2.24, 2.45) is 0 Å². The Bertz CT molecular complexity index is 864. The lowest BCUT2D eigenvalue weighted by atomic mass is 10.0. The van der Waals surface area contributed by atoms with Crippen LogP contribution in [0.1, 0.15) is 43.4 Å². The highest BCUT2D eigenvalue weighted by Crippen LogP contribution is 2.27. The number of methoxy groups -OCH3 is 1. The second-order valence-corrected chi connectivity index (χ2v) is 8.50. The highest BCUT2D eigenvalue weighted by atomic mass is 16.5. The second kappa shape index (κ2) is 10.8. The van der Waals surface area contributed by atoms with Crippen molar-refractivity contribution in [2.45, 2.75) is 50.9 Å². The predicted octanol–water partition coefficient (Wildman–Crippen LogP) is 2.78. The van der Waals surface area contributed by atoms with E-state index in [9.17, 15) is 4.79 Å². The van der Waals surface area contributed by atoms with Gasteiger partial charge in [0, 0.05) is 25.2 Å². The highest BCUT2D eigenvalue weighted by Gasteiger charge is 2.32. The van der Waals surface area contributed by atoms with Crippen LogP contribution in [-0.4, -0.2) is 49.8 Å². The number of carbonyl (C=O) groups is 1. The van der Waals surface area contributed by atoms with Gasteiger partial charge < -0.3 is 14.8 Å². The summed E-state index contributed by atoms with van der Waals surface area (Å²) >= 11 is 0. The Morgan fingerprint density at radius 3 is 2.38 bits per heavy atom. The zero-order chi connectivity index (χ0) is 22.3. The van der Waals surface area contributed by atoms with Crippen molar-refractivity contribution in [3.05, 3.63) is 59.7 Å². The number of hydrazine groups is 1. The minimum absolute atomic E-state index is 0.0906. The molecule has 0 bridgehead atoms. The minimum Gasteiger partial charge on any atom is -0.497 e. The molecule has 1 amide bonds. The van der Waals surface area contributed by atoms with Gasteiger partial charge in [0.25, 0.3) is 0 Å². The predicted molar refractivity (Wildman–Crippen MR) is 124 cm³/mol. The average molecular weight is 439 g/mol. The van der Waals surface area contributed by atoms with Crippen molar-refractivity contribution >= 4 is 5.91 Å². The molecule has 2 aliphatic rings. The molecule has 0 aliphatic carbocycles. The molecule has 2 aromatic carbocycles. The van der Waals surface area contributed by atoms with E-state index in [1.165, 1.54) is 5.56 Å². The van der Waals surface area contributed by atoms with Gasteiger partial charge in [-0.05, 0) is 61.6 Å². The molecular formula is C25H34N4O3. The maximum Gasteiger partial charge on any atom is 0.224 e. The summed E-state index contributed by atoms with van der Waals surface area (Å²) < 4.78 is 10.7. The molecule has 2 atom stereocenters. The molecule has 2 saturated heterocycles. The van der Waals surface area contributed by atoms with E-state index >= 15 is 0 Å². The first-order valence-electron chi connectivity index (χ1n) is 11.5. The summed E-state index contributed by atoms with van der Waals surface area (Å²) in [5, 5.41) is 3.22. The number of piperidine rings is 1. The fraction of sp³-hybridized carbons (Fsp3) is 0.480. The van der Waals surface area contributed by atoms with Gasteiger partial charge in [-0.3, -0.25) is 9.69 Å². The van der Waals surface area contributed by atoms with Gasteiger partial charge in [-0.2, -0.15) is 0 Å². The highest BCUT2D eigenvalue weighted by molar-refractivity contribution is 5.78. The number of hydrogen-bond acceptors (Lipinski definition) is 6. The molecule has 4 rings (SSSR count). The largest absolute Gasteiger partial charge is 0.497 e. The van der Waals surface area contributed by atoms with Crippen molar-refractivity contribution < 1.29 is 14.3 Å². The van der Waals surface area contributed by atoms with Gasteiger partial charge in [0.05, 0.1) is 26.3 Å². The Labute approximate surface area is 190 Å². The van der Waals surface area contributed by atoms with Crippen molar-refractivity contribution in [3.63, 3.8) is 0 Å². The van der Waals surface area contributed by atoms with Crippen LogP contribution in [0, 0.1) is 0 Å². The fourth-order valence-electron chi connectivity index (χ4n) is 4.52. The van der Waals surface area contributed by atoms with Gasteiger partial charge in [-0.15, -0.1) is 0 Å². The van der Waals surface area contributed by atoms with Crippen LogP contribution in [0.2, 0.25) is 0 Å². The standard InChI is InChI=1S/C25H34N4O3/c1-3-32-22-8-4-18(5-9-22)16-25(30)26-20-12-14-29(15-13-20)24-17-23(27-28-24)19-6-10-21(31-2)11-7-19/h4-11,20,23-24,27-28H,3,12-17H2,1-2H3,(H,26,30). The first-order chi connectivity index (χ1) is 15.6. The molecule has 2 fully saturated rings. The van der Waals surface area contributed by atoms with Crippen LogP contribution >= 0.6 is 0 Å². The van der Waals surface area contributed by atoms with Crippen LogP contribution in [0.3, 0.4) is 0 Å². The molecule has 0 saturated carbocycles. The Hall–Kier alpha value is -2.61. The lowest BCUT2D eigenvalue weighted by molar-refractivity contribution is -0.121. The summed E-state index contributed by atoms with van der Waals surface area (Å²) in [4.78, 5) is 15.0. The van der Waals surface area contributed by atoms with Crippen molar-refractivity contribution in [3.8, 4) is 11.5 Å². The van der Waals surface area contributed by atoms with E-state index in [2.05, 4.69) is 33.2 Å². The molecule has 0 spiro atoms. The third-order valence-corrected chi connectivity index (χ3v) is 6.34. The number of benzene rings is 2. The Kier molecular flexibility index (Phi) is 7.63. The van der Waals surface area contributed by atoms with Gasteiger partial charge in [0.1, 0.15) is 11.5 Å². The average Bonchev–Trinajstić information content (AvgIpc) is 3.31. The normalized spacial score (nSPS) is 21.9. The number of likely N-dealkylation sites (tertiary alicyclic amines) is 1. The van der Waals surface area contributed by atoms with Crippen molar-refractivity contribution in [2.75, 3.05) is 26.8 Å². The van der Waals surface area contributed by atoms with Crippen LogP contribution in [0.5, 0.6) is 11.5 Å². The van der Waals surface area contributed by atoms with Crippen LogP contribution in [0.25, 0.3) is 0 Å². The molecule has 3 N–H and O–H groups in total. The third kappa shape index (κ3) is 5.79. The summed E-state index contributed by atoms with van der Waals surface area (Å²) in [5.41, 5.74) is 9.15. The molecule has 0 aromatic heterocycles. The molecule has 7 nitrogen and oxygen atoms in total. The molecule has 0 radical (unpaired) electrons. The number of ether oxygens (including phenoxy) is 2. The third-order valence-electron chi connectivity index (χ3n) is 6.34. The lowest BCUT2D eigenvalue weighted by Gasteiger charge is -2.35. The quantitative estimate of drug-likeness (QED) is 0.589. The van der Waals surface area contributed by atoms with E-state index in [-0.39, 0.29) is 18.0 Å². The van der Waals surface area contributed by atoms with E-state index in [4.69, 9.17) is 9.47 Å². The van der Waals surface area contributed by atoms with E-state index in [0.29, 0.717) is 19.2 Å². The number of carbonyl (C=O) groups excluding carboxylic acids is 1. The minimum atomic E-state index is 0.0906. The molecular weight excluding hydrogens is 404 g/mol.